The number of hydrogen-bond donors (Lipinski definition) is 3. The quantitative estimate of drug-likeness (QED) is 0.752. The molecule has 7 heteroatoms. The Labute approximate surface area is 134 Å². The molecule has 1 aromatic carbocycles. The molecule has 7 nitrogen and oxygen atoms in total. The molecule has 0 unspecified atom stereocenters. The number of carbonyl (C=O) groups is 2. The summed E-state index contributed by atoms with van der Waals surface area (Å²) in [4.78, 5) is 30.9. The molecule has 0 radical (unpaired) electrons. The lowest BCUT2D eigenvalue weighted by Gasteiger charge is -2.10. The van der Waals surface area contributed by atoms with Crippen molar-refractivity contribution in [3.63, 3.8) is 0 Å². The number of aromatic nitrogens is 2. The number of H-pyrrole nitrogens is 1. The van der Waals surface area contributed by atoms with E-state index in [4.69, 9.17) is 4.74 Å². The molecular formula is C16H20N4O3. The summed E-state index contributed by atoms with van der Waals surface area (Å²) in [7, 11) is 1.57. The maximum atomic E-state index is 12.3. The summed E-state index contributed by atoms with van der Waals surface area (Å²) in [6.45, 7) is 3.96. The Balaban J connectivity index is 2.07. The number of benzene rings is 1. The molecule has 0 spiro atoms. The lowest BCUT2D eigenvalue weighted by molar-refractivity contribution is 0.0906. The highest BCUT2D eigenvalue weighted by Gasteiger charge is 2.20. The Hall–Kier alpha value is -2.83. The SMILES string of the molecule is COc1ccccc1CNC(=O)c1[nH]cnc1C(=O)NC(C)C. The number of aromatic amines is 1. The van der Waals surface area contributed by atoms with Crippen LogP contribution in [0.5, 0.6) is 5.75 Å². The van der Waals surface area contributed by atoms with Crippen molar-refractivity contribution in [1.82, 2.24) is 20.6 Å². The Bertz CT molecular complexity index is 694. The summed E-state index contributed by atoms with van der Waals surface area (Å²) in [5.74, 6) is -0.0961. The van der Waals surface area contributed by atoms with E-state index in [2.05, 4.69) is 20.6 Å². The van der Waals surface area contributed by atoms with Crippen molar-refractivity contribution in [2.45, 2.75) is 26.4 Å². The topological polar surface area (TPSA) is 96.1 Å². The average molecular weight is 316 g/mol. The molecule has 122 valence electrons. The zero-order valence-electron chi connectivity index (χ0n) is 13.3. The lowest BCUT2D eigenvalue weighted by atomic mass is 10.2. The van der Waals surface area contributed by atoms with Crippen LogP contribution in [0.25, 0.3) is 0 Å². The third-order valence-electron chi connectivity index (χ3n) is 3.13. The maximum absolute atomic E-state index is 12.3. The fourth-order valence-electron chi connectivity index (χ4n) is 2.08. The molecule has 0 aliphatic carbocycles. The van der Waals surface area contributed by atoms with Gasteiger partial charge in [0.25, 0.3) is 11.8 Å². The molecule has 2 rings (SSSR count). The van der Waals surface area contributed by atoms with Crippen molar-refractivity contribution in [1.29, 1.82) is 0 Å². The van der Waals surface area contributed by atoms with Crippen LogP contribution in [0.15, 0.2) is 30.6 Å². The zero-order chi connectivity index (χ0) is 16.8. The summed E-state index contributed by atoms with van der Waals surface area (Å²) in [6, 6.07) is 7.36. The molecule has 1 aromatic heterocycles. The smallest absolute Gasteiger partial charge is 0.272 e. The predicted molar refractivity (Wildman–Crippen MR) is 85.4 cm³/mol. The molecule has 0 aliphatic rings. The molecule has 23 heavy (non-hydrogen) atoms. The number of nitrogens with zero attached hydrogens (tertiary/aromatic N) is 1. The van der Waals surface area contributed by atoms with Crippen LogP contribution in [-0.2, 0) is 6.54 Å². The second-order valence-corrected chi connectivity index (χ2v) is 5.25. The maximum Gasteiger partial charge on any atom is 0.272 e. The Morgan fingerprint density at radius 3 is 2.70 bits per heavy atom. The Kier molecular flexibility index (Phi) is 5.35. The number of hydrogen-bond acceptors (Lipinski definition) is 4. The number of carbonyl (C=O) groups excluding carboxylic acids is 2. The van der Waals surface area contributed by atoms with Gasteiger partial charge in [0.2, 0.25) is 0 Å². The van der Waals surface area contributed by atoms with Gasteiger partial charge in [-0.2, -0.15) is 0 Å². The highest BCUT2D eigenvalue weighted by atomic mass is 16.5. The largest absolute Gasteiger partial charge is 0.496 e. The fourth-order valence-corrected chi connectivity index (χ4v) is 2.08. The van der Waals surface area contributed by atoms with Crippen molar-refractivity contribution in [2.24, 2.45) is 0 Å². The first-order valence-electron chi connectivity index (χ1n) is 7.27. The van der Waals surface area contributed by atoms with Crippen LogP contribution in [-0.4, -0.2) is 34.9 Å². The molecule has 2 amide bonds. The molecule has 1 heterocycles. The molecule has 0 bridgehead atoms. The van der Waals surface area contributed by atoms with Gasteiger partial charge in [-0.05, 0) is 19.9 Å². The Morgan fingerprint density at radius 1 is 1.26 bits per heavy atom. The van der Waals surface area contributed by atoms with Crippen molar-refractivity contribution < 1.29 is 14.3 Å². The van der Waals surface area contributed by atoms with Crippen LogP contribution < -0.4 is 15.4 Å². The zero-order valence-corrected chi connectivity index (χ0v) is 13.3. The monoisotopic (exact) mass is 316 g/mol. The minimum Gasteiger partial charge on any atom is -0.496 e. The van der Waals surface area contributed by atoms with Gasteiger partial charge < -0.3 is 20.4 Å². The van der Waals surface area contributed by atoms with Crippen molar-refractivity contribution in [3.8, 4) is 5.75 Å². The highest BCUT2D eigenvalue weighted by molar-refractivity contribution is 6.04. The lowest BCUT2D eigenvalue weighted by Crippen LogP contribution is -2.33. The molecule has 0 fully saturated rings. The summed E-state index contributed by atoms with van der Waals surface area (Å²) in [5, 5.41) is 5.47. The standard InChI is InChI=1S/C16H20N4O3/c1-10(2)20-16(22)14-13(18-9-19-14)15(21)17-8-11-6-4-5-7-12(11)23-3/h4-7,9-10H,8H2,1-3H3,(H,17,21)(H,18,19)(H,20,22). The van der Waals surface area contributed by atoms with Crippen LogP contribution in [0, 0.1) is 0 Å². The van der Waals surface area contributed by atoms with E-state index in [9.17, 15) is 9.59 Å². The number of amides is 2. The van der Waals surface area contributed by atoms with Crippen molar-refractivity contribution in [2.75, 3.05) is 7.11 Å². The summed E-state index contributed by atoms with van der Waals surface area (Å²) in [6.07, 6.45) is 1.33. The molecule has 0 saturated heterocycles. The van der Waals surface area contributed by atoms with Gasteiger partial charge in [0.15, 0.2) is 5.69 Å². The Morgan fingerprint density at radius 2 is 2.00 bits per heavy atom. The van der Waals surface area contributed by atoms with Crippen LogP contribution in [0.3, 0.4) is 0 Å². The van der Waals surface area contributed by atoms with Crippen molar-refractivity contribution in [3.05, 3.63) is 47.5 Å². The van der Waals surface area contributed by atoms with E-state index in [0.717, 1.165) is 5.56 Å². The van der Waals surface area contributed by atoms with E-state index in [0.29, 0.717) is 5.75 Å². The van der Waals surface area contributed by atoms with Gasteiger partial charge in [0.05, 0.1) is 13.4 Å². The number of rotatable bonds is 6. The van der Waals surface area contributed by atoms with Gasteiger partial charge in [-0.3, -0.25) is 9.59 Å². The summed E-state index contributed by atoms with van der Waals surface area (Å²) < 4.78 is 5.24. The molecule has 3 N–H and O–H groups in total. The van der Waals surface area contributed by atoms with E-state index in [1.165, 1.54) is 6.33 Å². The van der Waals surface area contributed by atoms with E-state index >= 15 is 0 Å². The van der Waals surface area contributed by atoms with Gasteiger partial charge in [0, 0.05) is 18.2 Å². The third kappa shape index (κ3) is 4.09. The minimum atomic E-state index is -0.401. The molecule has 2 aromatic rings. The van der Waals surface area contributed by atoms with Crippen LogP contribution >= 0.6 is 0 Å². The van der Waals surface area contributed by atoms with Gasteiger partial charge in [-0.25, -0.2) is 4.98 Å². The first kappa shape index (κ1) is 16.5. The third-order valence-corrected chi connectivity index (χ3v) is 3.13. The average Bonchev–Trinajstić information content (AvgIpc) is 3.02. The minimum absolute atomic E-state index is 0.0382. The van der Waals surface area contributed by atoms with Crippen LogP contribution in [0.1, 0.15) is 40.4 Å². The number of imidazole rings is 1. The van der Waals surface area contributed by atoms with E-state index in [-0.39, 0.29) is 29.9 Å². The number of para-hydroxylation sites is 1. The molecule has 0 aliphatic heterocycles. The summed E-state index contributed by atoms with van der Waals surface area (Å²) in [5.41, 5.74) is 1.06. The number of ether oxygens (including phenoxy) is 1. The second kappa shape index (κ2) is 7.44. The van der Waals surface area contributed by atoms with Gasteiger partial charge in [0.1, 0.15) is 11.4 Å². The number of nitrogens with one attached hydrogen (secondary N) is 3. The van der Waals surface area contributed by atoms with E-state index in [1.54, 1.807) is 7.11 Å². The van der Waals surface area contributed by atoms with Gasteiger partial charge in [-0.1, -0.05) is 18.2 Å². The summed E-state index contributed by atoms with van der Waals surface area (Å²) >= 11 is 0. The van der Waals surface area contributed by atoms with E-state index < -0.39 is 5.91 Å². The van der Waals surface area contributed by atoms with Gasteiger partial charge in [-0.15, -0.1) is 0 Å². The predicted octanol–water partition coefficient (Wildman–Crippen LogP) is 1.49. The van der Waals surface area contributed by atoms with Crippen molar-refractivity contribution >= 4 is 11.8 Å². The molecule has 0 saturated carbocycles. The van der Waals surface area contributed by atoms with Crippen LogP contribution in [0.4, 0.5) is 0 Å². The van der Waals surface area contributed by atoms with Gasteiger partial charge >= 0.3 is 0 Å². The first-order valence-corrected chi connectivity index (χ1v) is 7.27. The van der Waals surface area contributed by atoms with E-state index in [1.807, 2.05) is 38.1 Å². The van der Waals surface area contributed by atoms with Crippen LogP contribution in [0.2, 0.25) is 0 Å². The normalized spacial score (nSPS) is 10.4. The fraction of sp³-hybridized carbons (Fsp3) is 0.312. The number of methoxy groups -OCH3 is 1. The first-order chi connectivity index (χ1) is 11.0. The second-order valence-electron chi connectivity index (χ2n) is 5.25. The highest BCUT2D eigenvalue weighted by Crippen LogP contribution is 2.17. The molecular weight excluding hydrogens is 296 g/mol. The molecule has 0 atom stereocenters.